The number of nitrogens with one attached hydrogen (secondary N) is 1. The molecule has 1 aromatic rings. The third-order valence-electron chi connectivity index (χ3n) is 2.56. The van der Waals surface area contributed by atoms with Gasteiger partial charge in [0.05, 0.1) is 13.2 Å². The molecule has 4 heteroatoms. The van der Waals surface area contributed by atoms with E-state index in [0.717, 1.165) is 12.8 Å². The number of hydrogen-bond donors (Lipinski definition) is 1. The molecule has 0 fully saturated rings. The number of unbranched alkanes of at least 4 members (excludes halogenated alkanes) is 1. The van der Waals surface area contributed by atoms with Crippen molar-refractivity contribution in [1.82, 2.24) is 5.32 Å². The highest BCUT2D eigenvalue weighted by atomic mass is 19.1. The molecule has 0 saturated heterocycles. The Kier molecular flexibility index (Phi) is 7.03. The van der Waals surface area contributed by atoms with Crippen LogP contribution in [0.5, 0.6) is 0 Å². The van der Waals surface area contributed by atoms with E-state index in [2.05, 4.69) is 5.32 Å². The van der Waals surface area contributed by atoms with Gasteiger partial charge in [-0.2, -0.15) is 0 Å². The van der Waals surface area contributed by atoms with E-state index >= 15 is 0 Å². The maximum Gasteiger partial charge on any atom is 0.319 e. The Morgan fingerprint density at radius 2 is 2.17 bits per heavy atom. The minimum atomic E-state index is -0.253. The second-order valence-corrected chi connectivity index (χ2v) is 4.09. The molecule has 100 valence electrons. The first-order chi connectivity index (χ1) is 8.74. The Balaban J connectivity index is 2.12. The zero-order chi connectivity index (χ0) is 13.2. The molecule has 1 rings (SSSR count). The summed E-state index contributed by atoms with van der Waals surface area (Å²) >= 11 is 0. The van der Waals surface area contributed by atoms with Gasteiger partial charge >= 0.3 is 5.97 Å². The van der Waals surface area contributed by atoms with Crippen molar-refractivity contribution < 1.29 is 13.9 Å². The van der Waals surface area contributed by atoms with Gasteiger partial charge in [0, 0.05) is 0 Å². The summed E-state index contributed by atoms with van der Waals surface area (Å²) in [6, 6.07) is 6.65. The predicted molar refractivity (Wildman–Crippen MR) is 68.8 cm³/mol. The monoisotopic (exact) mass is 253 g/mol. The fourth-order valence-electron chi connectivity index (χ4n) is 1.50. The lowest BCUT2D eigenvalue weighted by molar-refractivity contribution is -0.142. The van der Waals surface area contributed by atoms with Crippen LogP contribution in [0.1, 0.15) is 25.3 Å². The smallest absolute Gasteiger partial charge is 0.319 e. The lowest BCUT2D eigenvalue weighted by atomic mass is 10.1. The van der Waals surface area contributed by atoms with Gasteiger partial charge in [0.15, 0.2) is 0 Å². The quantitative estimate of drug-likeness (QED) is 0.570. The number of carbonyl (C=O) groups is 1. The molecular formula is C14H20FNO2. The van der Waals surface area contributed by atoms with Crippen LogP contribution < -0.4 is 5.32 Å². The van der Waals surface area contributed by atoms with Crippen molar-refractivity contribution >= 4 is 5.97 Å². The maximum absolute atomic E-state index is 13.3. The highest BCUT2D eigenvalue weighted by Gasteiger charge is 2.03. The topological polar surface area (TPSA) is 38.3 Å². The summed E-state index contributed by atoms with van der Waals surface area (Å²) < 4.78 is 18.2. The number of rotatable bonds is 8. The van der Waals surface area contributed by atoms with E-state index in [1.54, 1.807) is 18.2 Å². The van der Waals surface area contributed by atoms with E-state index in [4.69, 9.17) is 4.74 Å². The molecule has 0 saturated carbocycles. The van der Waals surface area contributed by atoms with Crippen molar-refractivity contribution in [2.45, 2.75) is 26.2 Å². The third-order valence-corrected chi connectivity index (χ3v) is 2.56. The standard InChI is InChI=1S/C14H20FNO2/c1-2-3-10-18-14(17)11-16-9-8-12-6-4-5-7-13(12)15/h4-7,16H,2-3,8-11H2,1H3. The summed E-state index contributed by atoms with van der Waals surface area (Å²) in [5, 5.41) is 2.95. The Hall–Kier alpha value is -1.42. The number of ether oxygens (including phenoxy) is 1. The lowest BCUT2D eigenvalue weighted by Crippen LogP contribution is -2.27. The summed E-state index contributed by atoms with van der Waals surface area (Å²) in [5.74, 6) is -0.457. The van der Waals surface area contributed by atoms with Gasteiger partial charge in [-0.1, -0.05) is 31.5 Å². The average molecular weight is 253 g/mol. The van der Waals surface area contributed by atoms with Crippen LogP contribution in [0.3, 0.4) is 0 Å². The number of halogens is 1. The molecule has 0 spiro atoms. The Morgan fingerprint density at radius 3 is 2.89 bits per heavy atom. The molecule has 0 bridgehead atoms. The van der Waals surface area contributed by atoms with Crippen molar-refractivity contribution in [3.05, 3.63) is 35.6 Å². The molecule has 0 radical (unpaired) electrons. The minimum Gasteiger partial charge on any atom is -0.465 e. The highest BCUT2D eigenvalue weighted by Crippen LogP contribution is 2.05. The fraction of sp³-hybridized carbons (Fsp3) is 0.500. The maximum atomic E-state index is 13.3. The molecule has 0 unspecified atom stereocenters. The summed E-state index contributed by atoms with van der Waals surface area (Å²) in [4.78, 5) is 11.2. The molecule has 0 amide bonds. The second kappa shape index (κ2) is 8.64. The highest BCUT2D eigenvalue weighted by molar-refractivity contribution is 5.71. The molecule has 3 nitrogen and oxygen atoms in total. The van der Waals surface area contributed by atoms with E-state index in [1.165, 1.54) is 6.07 Å². The normalized spacial score (nSPS) is 10.3. The molecule has 0 aliphatic carbocycles. The Labute approximate surface area is 107 Å². The van der Waals surface area contributed by atoms with E-state index in [9.17, 15) is 9.18 Å². The number of hydrogen-bond acceptors (Lipinski definition) is 3. The van der Waals surface area contributed by atoms with Gasteiger partial charge in [0.25, 0.3) is 0 Å². The summed E-state index contributed by atoms with van der Waals surface area (Å²) in [7, 11) is 0. The van der Waals surface area contributed by atoms with Gasteiger partial charge in [-0.15, -0.1) is 0 Å². The summed E-state index contributed by atoms with van der Waals surface area (Å²) in [5.41, 5.74) is 0.657. The average Bonchev–Trinajstić information content (AvgIpc) is 2.37. The van der Waals surface area contributed by atoms with Crippen LogP contribution in [0.4, 0.5) is 4.39 Å². The molecule has 0 aliphatic heterocycles. The van der Waals surface area contributed by atoms with Gasteiger partial charge in [-0.25, -0.2) is 4.39 Å². The van der Waals surface area contributed by atoms with E-state index in [1.807, 2.05) is 6.92 Å². The van der Waals surface area contributed by atoms with Crippen LogP contribution in [0.25, 0.3) is 0 Å². The molecule has 0 atom stereocenters. The molecular weight excluding hydrogens is 233 g/mol. The van der Waals surface area contributed by atoms with Crippen LogP contribution in [0.2, 0.25) is 0 Å². The van der Waals surface area contributed by atoms with Crippen molar-refractivity contribution in [3.8, 4) is 0 Å². The van der Waals surface area contributed by atoms with Crippen molar-refractivity contribution in [2.75, 3.05) is 19.7 Å². The first-order valence-electron chi connectivity index (χ1n) is 6.33. The second-order valence-electron chi connectivity index (χ2n) is 4.09. The minimum absolute atomic E-state index is 0.179. The van der Waals surface area contributed by atoms with E-state index < -0.39 is 0 Å². The molecule has 1 N–H and O–H groups in total. The number of benzene rings is 1. The van der Waals surface area contributed by atoms with Crippen molar-refractivity contribution in [2.24, 2.45) is 0 Å². The predicted octanol–water partition coefficient (Wildman–Crippen LogP) is 2.30. The van der Waals surface area contributed by atoms with E-state index in [-0.39, 0.29) is 18.3 Å². The van der Waals surface area contributed by atoms with Gasteiger partial charge in [0.2, 0.25) is 0 Å². The Morgan fingerprint density at radius 1 is 1.39 bits per heavy atom. The van der Waals surface area contributed by atoms with Gasteiger partial charge in [0.1, 0.15) is 5.82 Å². The first kappa shape index (κ1) is 14.6. The van der Waals surface area contributed by atoms with E-state index in [0.29, 0.717) is 25.1 Å². The molecule has 18 heavy (non-hydrogen) atoms. The summed E-state index contributed by atoms with van der Waals surface area (Å²) in [6.45, 7) is 3.26. The molecule has 0 heterocycles. The zero-order valence-electron chi connectivity index (χ0n) is 10.7. The summed E-state index contributed by atoms with van der Waals surface area (Å²) in [6.07, 6.45) is 2.46. The van der Waals surface area contributed by atoms with Crippen molar-refractivity contribution in [3.63, 3.8) is 0 Å². The van der Waals surface area contributed by atoms with Crippen LogP contribution >= 0.6 is 0 Å². The first-order valence-corrected chi connectivity index (χ1v) is 6.33. The van der Waals surface area contributed by atoms with Crippen LogP contribution in [-0.4, -0.2) is 25.7 Å². The van der Waals surface area contributed by atoms with Crippen LogP contribution in [0, 0.1) is 5.82 Å². The molecule has 1 aromatic carbocycles. The Bertz CT molecular complexity index is 369. The zero-order valence-corrected chi connectivity index (χ0v) is 10.7. The van der Waals surface area contributed by atoms with Crippen LogP contribution in [-0.2, 0) is 16.0 Å². The number of carbonyl (C=O) groups excluding carboxylic acids is 1. The van der Waals surface area contributed by atoms with Gasteiger partial charge < -0.3 is 10.1 Å². The van der Waals surface area contributed by atoms with Gasteiger partial charge in [-0.3, -0.25) is 4.79 Å². The molecule has 0 aliphatic rings. The SMILES string of the molecule is CCCCOC(=O)CNCCc1ccccc1F. The number of esters is 1. The molecule has 0 aromatic heterocycles. The fourth-order valence-corrected chi connectivity index (χ4v) is 1.50. The van der Waals surface area contributed by atoms with Crippen molar-refractivity contribution in [1.29, 1.82) is 0 Å². The third kappa shape index (κ3) is 5.77. The van der Waals surface area contributed by atoms with Crippen LogP contribution in [0.15, 0.2) is 24.3 Å². The largest absolute Gasteiger partial charge is 0.465 e. The lowest BCUT2D eigenvalue weighted by Gasteiger charge is -2.06. The van der Waals surface area contributed by atoms with Gasteiger partial charge in [-0.05, 0) is 31.0 Å².